The minimum absolute atomic E-state index is 0.0165. The molecule has 5 aliphatic rings. The van der Waals surface area contributed by atoms with Gasteiger partial charge in [-0.15, -0.1) is 0 Å². The van der Waals surface area contributed by atoms with Gasteiger partial charge in [-0.2, -0.15) is 0 Å². The molecule has 5 fully saturated rings. The van der Waals surface area contributed by atoms with E-state index in [2.05, 4.69) is 0 Å². The smallest absolute Gasteiger partial charge is 0.302 e. The molecule has 3 aliphatic heterocycles. The van der Waals surface area contributed by atoms with Crippen LogP contribution in [-0.2, 0) is 38.0 Å². The van der Waals surface area contributed by atoms with Crippen molar-refractivity contribution in [2.75, 3.05) is 13.2 Å². The Morgan fingerprint density at radius 1 is 0.600 bits per heavy atom. The molecule has 3 saturated heterocycles. The average Bonchev–Trinajstić information content (AvgIpc) is 3.06. The maximum absolute atomic E-state index is 11.4. The summed E-state index contributed by atoms with van der Waals surface area (Å²) < 4.78 is 38.8. The predicted molar refractivity (Wildman–Crippen MR) is 160 cm³/mol. The summed E-state index contributed by atoms with van der Waals surface area (Å²) >= 11 is 0. The fourth-order valence-corrected chi connectivity index (χ4v) is 7.77. The zero-order valence-corrected chi connectivity index (χ0v) is 27.7. The molecule has 3 heterocycles. The fourth-order valence-electron chi connectivity index (χ4n) is 7.77. The van der Waals surface area contributed by atoms with E-state index in [9.17, 15) is 60.7 Å². The van der Waals surface area contributed by atoms with Crippen LogP contribution in [0.3, 0.4) is 0 Å². The summed E-state index contributed by atoms with van der Waals surface area (Å²) in [6, 6.07) is 0. The topological polar surface area (TPSA) is 305 Å². The van der Waals surface area contributed by atoms with Crippen LogP contribution in [0.4, 0.5) is 0 Å². The highest BCUT2D eigenvalue weighted by atomic mass is 16.7. The number of hydrogen-bond acceptors (Lipinski definition) is 18. The molecule has 2 aliphatic carbocycles. The van der Waals surface area contributed by atoms with E-state index in [1.807, 2.05) is 0 Å². The molecule has 11 N–H and O–H groups in total. The van der Waals surface area contributed by atoms with E-state index in [1.54, 1.807) is 0 Å². The Bertz CT molecular complexity index is 1130. The van der Waals surface area contributed by atoms with E-state index in [1.165, 1.54) is 0 Å². The summed E-state index contributed by atoms with van der Waals surface area (Å²) in [5, 5.41) is 106. The van der Waals surface area contributed by atoms with Gasteiger partial charge in [0, 0.05) is 32.6 Å². The molecule has 0 spiro atoms. The third-order valence-electron chi connectivity index (χ3n) is 10.5. The van der Waals surface area contributed by atoms with Gasteiger partial charge in [0.1, 0.15) is 74.3 Å². The van der Waals surface area contributed by atoms with E-state index >= 15 is 0 Å². The second kappa shape index (κ2) is 16.6. The lowest BCUT2D eigenvalue weighted by molar-refractivity contribution is -0.368. The lowest BCUT2D eigenvalue weighted by Crippen LogP contribution is -2.64. The molecule has 0 bridgehead atoms. The molecular weight excluding hydrogens is 676 g/mol. The number of esters is 2. The second-order valence-corrected chi connectivity index (χ2v) is 14.1. The molecule has 8 unspecified atom stereocenters. The molecule has 0 aromatic heterocycles. The van der Waals surface area contributed by atoms with Crippen LogP contribution >= 0.6 is 0 Å². The maximum atomic E-state index is 11.4. The lowest BCUT2D eigenvalue weighted by atomic mass is 9.72. The molecular formula is C31H51O19+. The first kappa shape index (κ1) is 39.5. The monoisotopic (exact) mass is 727 g/mol. The summed E-state index contributed by atoms with van der Waals surface area (Å²) in [6.07, 6.45) is -23.8. The van der Waals surface area contributed by atoms with E-state index in [4.69, 9.17) is 33.2 Å². The number of aliphatic hydroxyl groups excluding tert-OH is 10. The van der Waals surface area contributed by atoms with Crippen LogP contribution in [-0.4, -0.2) is 191 Å². The number of carbonyl (C=O) groups excluding carboxylic acids is 2. The molecule has 0 radical (unpaired) electrons. The fraction of sp³-hybridized carbons (Fsp3) is 0.935. The summed E-state index contributed by atoms with van der Waals surface area (Å²) in [5.41, 5.74) is 0. The first-order valence-electron chi connectivity index (χ1n) is 16.9. The van der Waals surface area contributed by atoms with Crippen LogP contribution in [0, 0.1) is 11.8 Å². The van der Waals surface area contributed by atoms with Gasteiger partial charge < -0.3 is 84.2 Å². The molecule has 19 nitrogen and oxygen atoms in total. The van der Waals surface area contributed by atoms with Crippen LogP contribution < -0.4 is 0 Å². The number of ether oxygens (including phenoxy) is 7. The van der Waals surface area contributed by atoms with E-state index in [0.717, 1.165) is 13.8 Å². The highest BCUT2D eigenvalue weighted by Gasteiger charge is 2.57. The van der Waals surface area contributed by atoms with Crippen molar-refractivity contribution in [2.45, 2.75) is 156 Å². The molecule has 0 amide bonds. The van der Waals surface area contributed by atoms with Crippen molar-refractivity contribution in [1.82, 2.24) is 0 Å². The lowest BCUT2D eigenvalue weighted by Gasteiger charge is -2.50. The Hall–Kier alpha value is -1.66. The minimum Gasteiger partial charge on any atom is -0.463 e. The Morgan fingerprint density at radius 3 is 1.56 bits per heavy atom. The van der Waals surface area contributed by atoms with Crippen molar-refractivity contribution in [3.63, 3.8) is 0 Å². The van der Waals surface area contributed by atoms with Crippen LogP contribution in [0.25, 0.3) is 0 Å². The number of aliphatic hydroxyl groups is 12. The normalized spacial score (nSPS) is 49.8. The van der Waals surface area contributed by atoms with Crippen molar-refractivity contribution < 1.29 is 93.8 Å². The third-order valence-corrected chi connectivity index (χ3v) is 10.5. The Labute approximate surface area is 287 Å². The van der Waals surface area contributed by atoms with Gasteiger partial charge in [-0.25, -0.2) is 0 Å². The highest BCUT2D eigenvalue weighted by molar-refractivity contribution is 5.66. The van der Waals surface area contributed by atoms with Crippen molar-refractivity contribution in [2.24, 2.45) is 11.8 Å². The standard InChI is InChI=1S/C31H50O19/c1-10(32)44-8-20-23(38)25(40)27(42)30(49-20)47-18-6-13(34)5-17-14(18)7-19(29(46-17)12-3-15(35)22(37)16(36)4-12)48-31-28(43)26(41)24(39)21(50-31)9-45-11(2)33/h12-31,34-43H,3-9H2,1-2H3/p+1/t12?,13?,14?,15?,16?,17?,18?,19?,20-,21-,22?,23-,24-,25+,26+,27-,28-,29?,30-,31-/m1/s1. The SMILES string of the molecule is CC(=O)OC[C@H]1O[C@@H](OC2CC(O)CC3[OH+]C(C4CC(O)C(O)C(O)C4)C(O[C@@H]4O[C@H](COC(C)=O)[C@@H](O)[C@H](O)[C@H]4O)CC23)[C@H](O)[C@@H](O)[C@@H]1O. The van der Waals surface area contributed by atoms with E-state index in [0.29, 0.717) is 0 Å². The largest absolute Gasteiger partial charge is 0.463 e. The van der Waals surface area contributed by atoms with E-state index < -0.39 is 147 Å². The van der Waals surface area contributed by atoms with Crippen LogP contribution in [0.15, 0.2) is 0 Å². The minimum atomic E-state index is -1.77. The maximum Gasteiger partial charge on any atom is 0.302 e. The van der Waals surface area contributed by atoms with Crippen molar-refractivity contribution >= 4 is 11.9 Å². The number of hydrogen-bond donors (Lipinski definition) is 10. The summed E-state index contributed by atoms with van der Waals surface area (Å²) in [7, 11) is 0. The van der Waals surface area contributed by atoms with Crippen molar-refractivity contribution in [3.05, 3.63) is 0 Å². The molecule has 2 saturated carbocycles. The van der Waals surface area contributed by atoms with Gasteiger partial charge in [-0.1, -0.05) is 0 Å². The number of rotatable bonds is 9. The zero-order chi connectivity index (χ0) is 36.6. The van der Waals surface area contributed by atoms with Gasteiger partial charge in [0.2, 0.25) is 0 Å². The Kier molecular flexibility index (Phi) is 13.1. The highest BCUT2D eigenvalue weighted by Crippen LogP contribution is 2.44. The van der Waals surface area contributed by atoms with Crippen LogP contribution in [0.1, 0.15) is 46.0 Å². The van der Waals surface area contributed by atoms with Crippen molar-refractivity contribution in [3.8, 4) is 0 Å². The van der Waals surface area contributed by atoms with Gasteiger partial charge in [-0.3, -0.25) is 9.59 Å². The summed E-state index contributed by atoms with van der Waals surface area (Å²) in [4.78, 5) is 22.8. The zero-order valence-electron chi connectivity index (χ0n) is 27.7. The molecule has 0 aromatic rings. The van der Waals surface area contributed by atoms with Gasteiger partial charge in [0.15, 0.2) is 24.8 Å². The third kappa shape index (κ3) is 8.75. The average molecular weight is 728 g/mol. The summed E-state index contributed by atoms with van der Waals surface area (Å²) in [6.45, 7) is 1.39. The van der Waals surface area contributed by atoms with Crippen LogP contribution in [0.2, 0.25) is 0 Å². The summed E-state index contributed by atoms with van der Waals surface area (Å²) in [5.74, 6) is -2.47. The van der Waals surface area contributed by atoms with Gasteiger partial charge in [-0.05, 0) is 19.3 Å². The van der Waals surface area contributed by atoms with Gasteiger partial charge >= 0.3 is 11.9 Å². The number of carbonyl (C=O) groups is 2. The first-order chi connectivity index (χ1) is 23.5. The quantitative estimate of drug-likeness (QED) is 0.0782. The van der Waals surface area contributed by atoms with E-state index in [-0.39, 0.29) is 32.1 Å². The second-order valence-electron chi connectivity index (χ2n) is 14.1. The molecule has 50 heavy (non-hydrogen) atoms. The Balaban J connectivity index is 1.39. The number of fused-ring (bicyclic) bond motifs is 1. The first-order valence-corrected chi connectivity index (χ1v) is 16.9. The Morgan fingerprint density at radius 2 is 1.08 bits per heavy atom. The van der Waals surface area contributed by atoms with Crippen LogP contribution in [0.5, 0.6) is 0 Å². The molecule has 5 rings (SSSR count). The van der Waals surface area contributed by atoms with Crippen molar-refractivity contribution in [1.29, 1.82) is 0 Å². The molecule has 288 valence electrons. The molecule has 0 aromatic carbocycles. The molecule has 18 atom stereocenters. The molecule has 19 heteroatoms. The van der Waals surface area contributed by atoms with Gasteiger partial charge in [0.25, 0.3) is 0 Å². The predicted octanol–water partition coefficient (Wildman–Crippen LogP) is -5.57. The van der Waals surface area contributed by atoms with Gasteiger partial charge in [0.05, 0.1) is 30.3 Å².